The van der Waals surface area contributed by atoms with Gasteiger partial charge in [0.05, 0.1) is 10.7 Å². The van der Waals surface area contributed by atoms with E-state index in [4.69, 9.17) is 23.8 Å². The van der Waals surface area contributed by atoms with E-state index in [-0.39, 0.29) is 0 Å². The fourth-order valence-electron chi connectivity index (χ4n) is 3.31. The Morgan fingerprint density at radius 3 is 2.72 bits per heavy atom. The minimum atomic E-state index is 0.561. The molecule has 0 amide bonds. The first-order chi connectivity index (χ1) is 8.72. The Labute approximate surface area is 118 Å². The maximum Gasteiger partial charge on any atom is 0.171 e. The zero-order chi connectivity index (χ0) is 12.5. The lowest BCUT2D eigenvalue weighted by Gasteiger charge is -2.24. The van der Waals surface area contributed by atoms with Crippen molar-refractivity contribution >= 4 is 34.6 Å². The summed E-state index contributed by atoms with van der Waals surface area (Å²) in [4.78, 5) is 0. The topological polar surface area (TPSA) is 24.1 Å². The van der Waals surface area contributed by atoms with E-state index in [1.807, 2.05) is 24.3 Å². The first-order valence-corrected chi connectivity index (χ1v) is 7.33. The third-order valence-electron chi connectivity index (χ3n) is 4.18. The number of nitrogens with one attached hydrogen (secondary N) is 2. The van der Waals surface area contributed by atoms with Crippen molar-refractivity contribution in [1.29, 1.82) is 0 Å². The van der Waals surface area contributed by atoms with Crippen LogP contribution in [0.15, 0.2) is 24.3 Å². The lowest BCUT2D eigenvalue weighted by atomic mass is 9.96. The molecular formula is C14H17ClN2S. The van der Waals surface area contributed by atoms with Crippen LogP contribution in [-0.4, -0.2) is 11.2 Å². The Balaban J connectivity index is 1.58. The molecule has 2 fully saturated rings. The van der Waals surface area contributed by atoms with E-state index in [2.05, 4.69) is 10.6 Å². The van der Waals surface area contributed by atoms with Crippen LogP contribution in [0.3, 0.4) is 0 Å². The number of fused-ring (bicyclic) bond motifs is 2. The van der Waals surface area contributed by atoms with E-state index < -0.39 is 0 Å². The third kappa shape index (κ3) is 2.47. The summed E-state index contributed by atoms with van der Waals surface area (Å²) in [6, 6.07) is 8.24. The SMILES string of the molecule is S=C(Nc1ccccc1Cl)N[C@H]1C[C@H]2CC[C@@H]1C2. The highest BCUT2D eigenvalue weighted by atomic mass is 35.5. The highest BCUT2D eigenvalue weighted by Crippen LogP contribution is 2.44. The lowest BCUT2D eigenvalue weighted by molar-refractivity contribution is 0.392. The van der Waals surface area contributed by atoms with Gasteiger partial charge in [-0.3, -0.25) is 0 Å². The number of hydrogen-bond acceptors (Lipinski definition) is 1. The molecule has 3 rings (SSSR count). The molecule has 0 saturated heterocycles. The fourth-order valence-corrected chi connectivity index (χ4v) is 3.76. The fraction of sp³-hybridized carbons (Fsp3) is 0.500. The van der Waals surface area contributed by atoms with E-state index in [1.54, 1.807) is 0 Å². The van der Waals surface area contributed by atoms with Gasteiger partial charge in [0.2, 0.25) is 0 Å². The average Bonchev–Trinajstić information content (AvgIpc) is 2.94. The molecule has 2 saturated carbocycles. The summed E-state index contributed by atoms with van der Waals surface area (Å²) in [5.74, 6) is 1.75. The first kappa shape index (κ1) is 12.2. The molecule has 2 aliphatic carbocycles. The molecule has 2 aliphatic rings. The van der Waals surface area contributed by atoms with Crippen molar-refractivity contribution in [2.75, 3.05) is 5.32 Å². The van der Waals surface area contributed by atoms with E-state index in [0.29, 0.717) is 16.2 Å². The maximum absolute atomic E-state index is 6.10. The zero-order valence-corrected chi connectivity index (χ0v) is 11.7. The Kier molecular flexibility index (Phi) is 3.44. The van der Waals surface area contributed by atoms with Gasteiger partial charge >= 0.3 is 0 Å². The average molecular weight is 281 g/mol. The molecular weight excluding hydrogens is 264 g/mol. The molecule has 0 aliphatic heterocycles. The molecule has 18 heavy (non-hydrogen) atoms. The van der Waals surface area contributed by atoms with Crippen molar-refractivity contribution in [2.24, 2.45) is 11.8 Å². The summed E-state index contributed by atoms with van der Waals surface area (Å²) in [5.41, 5.74) is 0.875. The molecule has 0 radical (unpaired) electrons. The standard InChI is InChI=1S/C14H17ClN2S/c15-11-3-1-2-4-12(11)16-14(18)17-13-8-9-5-6-10(13)7-9/h1-4,9-10,13H,5-8H2,(H2,16,17,18)/t9-,10+,13-/m0/s1. The molecule has 0 aromatic heterocycles. The van der Waals surface area contributed by atoms with E-state index in [1.165, 1.54) is 25.7 Å². The number of rotatable bonds is 2. The predicted molar refractivity (Wildman–Crippen MR) is 80.0 cm³/mol. The number of thiocarbonyl (C=S) groups is 1. The van der Waals surface area contributed by atoms with Crippen LogP contribution in [0.2, 0.25) is 5.02 Å². The summed E-state index contributed by atoms with van der Waals surface area (Å²) in [7, 11) is 0. The van der Waals surface area contributed by atoms with Gasteiger partial charge in [-0.05, 0) is 55.4 Å². The van der Waals surface area contributed by atoms with Crippen LogP contribution >= 0.6 is 23.8 Å². The van der Waals surface area contributed by atoms with E-state index >= 15 is 0 Å². The van der Waals surface area contributed by atoms with E-state index in [0.717, 1.165) is 17.5 Å². The summed E-state index contributed by atoms with van der Waals surface area (Å²) in [6.45, 7) is 0. The Morgan fingerprint density at radius 2 is 2.06 bits per heavy atom. The predicted octanol–water partition coefficient (Wildman–Crippen LogP) is 3.82. The van der Waals surface area contributed by atoms with E-state index in [9.17, 15) is 0 Å². The van der Waals surface area contributed by atoms with Crippen LogP contribution < -0.4 is 10.6 Å². The lowest BCUT2D eigenvalue weighted by Crippen LogP contribution is -2.40. The molecule has 0 heterocycles. The minimum Gasteiger partial charge on any atom is -0.359 e. The molecule has 3 atom stereocenters. The van der Waals surface area contributed by atoms with Crippen molar-refractivity contribution in [2.45, 2.75) is 31.7 Å². The number of para-hydroxylation sites is 1. The van der Waals surface area contributed by atoms with Gasteiger partial charge in [-0.2, -0.15) is 0 Å². The van der Waals surface area contributed by atoms with Crippen LogP contribution in [0.4, 0.5) is 5.69 Å². The number of halogens is 1. The number of benzene rings is 1. The second-order valence-electron chi connectivity index (χ2n) is 5.36. The second kappa shape index (κ2) is 5.06. The smallest absolute Gasteiger partial charge is 0.171 e. The zero-order valence-electron chi connectivity index (χ0n) is 10.2. The molecule has 0 unspecified atom stereocenters. The monoisotopic (exact) mass is 280 g/mol. The summed E-state index contributed by atoms with van der Waals surface area (Å²) >= 11 is 11.5. The molecule has 4 heteroatoms. The molecule has 96 valence electrons. The van der Waals surface area contributed by atoms with Crippen LogP contribution in [-0.2, 0) is 0 Å². The summed E-state index contributed by atoms with van der Waals surface area (Å²) in [6.07, 6.45) is 5.42. The van der Waals surface area contributed by atoms with Gasteiger partial charge < -0.3 is 10.6 Å². The van der Waals surface area contributed by atoms with Crippen LogP contribution in [0.25, 0.3) is 0 Å². The Hall–Kier alpha value is -0.800. The van der Waals surface area contributed by atoms with Gasteiger partial charge in [0.1, 0.15) is 0 Å². The van der Waals surface area contributed by atoms with Crippen LogP contribution in [0.1, 0.15) is 25.7 Å². The Morgan fingerprint density at radius 1 is 1.22 bits per heavy atom. The van der Waals surface area contributed by atoms with Gasteiger partial charge in [0.25, 0.3) is 0 Å². The minimum absolute atomic E-state index is 0.561. The maximum atomic E-state index is 6.10. The second-order valence-corrected chi connectivity index (χ2v) is 6.18. The first-order valence-electron chi connectivity index (χ1n) is 6.54. The van der Waals surface area contributed by atoms with Crippen molar-refractivity contribution in [1.82, 2.24) is 5.32 Å². The summed E-state index contributed by atoms with van der Waals surface area (Å²) < 4.78 is 0. The molecule has 1 aromatic carbocycles. The van der Waals surface area contributed by atoms with Gasteiger partial charge in [-0.15, -0.1) is 0 Å². The number of hydrogen-bond donors (Lipinski definition) is 2. The summed E-state index contributed by atoms with van der Waals surface area (Å²) in [5, 5.41) is 8.03. The van der Waals surface area contributed by atoms with Gasteiger partial charge in [0.15, 0.2) is 5.11 Å². The number of anilines is 1. The van der Waals surface area contributed by atoms with Crippen LogP contribution in [0, 0.1) is 11.8 Å². The molecule has 2 bridgehead atoms. The third-order valence-corrected chi connectivity index (χ3v) is 4.73. The van der Waals surface area contributed by atoms with Crippen molar-refractivity contribution < 1.29 is 0 Å². The molecule has 1 aromatic rings. The van der Waals surface area contributed by atoms with Gasteiger partial charge in [0, 0.05) is 6.04 Å². The Bertz CT molecular complexity index is 463. The van der Waals surface area contributed by atoms with Gasteiger partial charge in [-0.25, -0.2) is 0 Å². The van der Waals surface area contributed by atoms with Crippen molar-refractivity contribution in [3.63, 3.8) is 0 Å². The molecule has 2 nitrogen and oxygen atoms in total. The highest BCUT2D eigenvalue weighted by molar-refractivity contribution is 7.80. The van der Waals surface area contributed by atoms with Gasteiger partial charge in [-0.1, -0.05) is 30.2 Å². The van der Waals surface area contributed by atoms with Crippen molar-refractivity contribution in [3.8, 4) is 0 Å². The van der Waals surface area contributed by atoms with Crippen molar-refractivity contribution in [3.05, 3.63) is 29.3 Å². The largest absolute Gasteiger partial charge is 0.359 e. The normalized spacial score (nSPS) is 29.3. The van der Waals surface area contributed by atoms with Crippen LogP contribution in [0.5, 0.6) is 0 Å². The highest BCUT2D eigenvalue weighted by Gasteiger charge is 2.39. The molecule has 0 spiro atoms. The quantitative estimate of drug-likeness (QED) is 0.806. The molecule has 2 N–H and O–H groups in total.